The molecule has 1 rings (SSSR count). The van der Waals surface area contributed by atoms with Gasteiger partial charge in [0.1, 0.15) is 10.4 Å². The molecule has 1 atom stereocenters. The lowest BCUT2D eigenvalue weighted by Gasteiger charge is -2.13. The number of rotatable bonds is 6. The van der Waals surface area contributed by atoms with E-state index in [4.69, 9.17) is 28.3 Å². The Labute approximate surface area is 123 Å². The van der Waals surface area contributed by atoms with E-state index in [2.05, 4.69) is 5.32 Å². The van der Waals surface area contributed by atoms with E-state index in [1.807, 2.05) is 6.26 Å². The number of thiophene rings is 1. The smallest absolute Gasteiger partial charge is 0.326 e. The largest absolute Gasteiger partial charge is 0.480 e. The van der Waals surface area contributed by atoms with Crippen LogP contribution >= 0.6 is 46.3 Å². The van der Waals surface area contributed by atoms with Crippen LogP contribution in [0.25, 0.3) is 0 Å². The van der Waals surface area contributed by atoms with Crippen LogP contribution in [0, 0.1) is 0 Å². The van der Waals surface area contributed by atoms with Gasteiger partial charge >= 0.3 is 5.97 Å². The van der Waals surface area contributed by atoms with Crippen molar-refractivity contribution in [2.45, 2.75) is 12.5 Å². The van der Waals surface area contributed by atoms with E-state index in [0.717, 1.165) is 11.3 Å². The fourth-order valence-corrected chi connectivity index (χ4v) is 3.15. The number of carbonyl (C=O) groups excluding carboxylic acids is 1. The predicted molar refractivity (Wildman–Crippen MR) is 76.2 cm³/mol. The number of hydrogen-bond acceptors (Lipinski definition) is 4. The number of carboxylic acid groups (broad SMARTS) is 1. The molecule has 18 heavy (non-hydrogen) atoms. The Morgan fingerprint density at radius 2 is 2.22 bits per heavy atom. The first kappa shape index (κ1) is 15.6. The summed E-state index contributed by atoms with van der Waals surface area (Å²) in [5.41, 5.74) is 0.210. The SMILES string of the molecule is CSCC[C@@H](NC(=O)c1cc(Cl)sc1Cl)C(=O)O. The standard InChI is InChI=1S/C10H11Cl2NO3S2/c1-17-3-2-6(10(15)16)13-9(14)5-4-7(11)18-8(5)12/h4,6H,2-3H2,1H3,(H,13,14)(H,15,16)/t6-/m1/s1. The minimum atomic E-state index is -1.06. The molecule has 0 aliphatic rings. The maximum absolute atomic E-state index is 11.8. The first-order chi connectivity index (χ1) is 8.45. The van der Waals surface area contributed by atoms with E-state index in [1.165, 1.54) is 17.8 Å². The first-order valence-electron chi connectivity index (χ1n) is 4.93. The summed E-state index contributed by atoms with van der Waals surface area (Å²) in [5.74, 6) is -0.929. The maximum atomic E-state index is 11.8. The molecule has 0 saturated heterocycles. The molecule has 0 unspecified atom stereocenters. The molecule has 0 aliphatic heterocycles. The van der Waals surface area contributed by atoms with Gasteiger partial charge in [0.25, 0.3) is 5.91 Å². The molecule has 0 fully saturated rings. The molecule has 1 heterocycles. The molecule has 1 aromatic rings. The summed E-state index contributed by atoms with van der Waals surface area (Å²) in [6.45, 7) is 0. The highest BCUT2D eigenvalue weighted by atomic mass is 35.5. The van der Waals surface area contributed by atoms with Crippen molar-refractivity contribution in [1.82, 2.24) is 5.32 Å². The van der Waals surface area contributed by atoms with Gasteiger partial charge in [-0.2, -0.15) is 11.8 Å². The summed E-state index contributed by atoms with van der Waals surface area (Å²) in [6.07, 6.45) is 2.23. The molecule has 0 radical (unpaired) electrons. The van der Waals surface area contributed by atoms with E-state index >= 15 is 0 Å². The number of hydrogen-bond donors (Lipinski definition) is 2. The Hall–Kier alpha value is -0.430. The van der Waals surface area contributed by atoms with Crippen LogP contribution in [0.5, 0.6) is 0 Å². The second kappa shape index (κ2) is 7.23. The van der Waals surface area contributed by atoms with Crippen LogP contribution in [0.2, 0.25) is 8.67 Å². The fraction of sp³-hybridized carbons (Fsp3) is 0.400. The van der Waals surface area contributed by atoms with Crippen molar-refractivity contribution in [1.29, 1.82) is 0 Å². The Morgan fingerprint density at radius 1 is 1.56 bits per heavy atom. The highest BCUT2D eigenvalue weighted by Crippen LogP contribution is 2.31. The van der Waals surface area contributed by atoms with Crippen molar-refractivity contribution in [3.05, 3.63) is 20.3 Å². The molecule has 0 aromatic carbocycles. The van der Waals surface area contributed by atoms with Crippen molar-refractivity contribution in [2.24, 2.45) is 0 Å². The monoisotopic (exact) mass is 327 g/mol. The first-order valence-corrected chi connectivity index (χ1v) is 7.89. The van der Waals surface area contributed by atoms with Crippen molar-refractivity contribution in [2.75, 3.05) is 12.0 Å². The molecule has 100 valence electrons. The van der Waals surface area contributed by atoms with E-state index in [0.29, 0.717) is 16.5 Å². The average Bonchev–Trinajstić information content (AvgIpc) is 2.63. The lowest BCUT2D eigenvalue weighted by molar-refractivity contribution is -0.139. The summed E-state index contributed by atoms with van der Waals surface area (Å²) in [6, 6.07) is 0.511. The molecule has 2 N–H and O–H groups in total. The quantitative estimate of drug-likeness (QED) is 0.842. The lowest BCUT2D eigenvalue weighted by atomic mass is 10.2. The van der Waals surface area contributed by atoms with Crippen molar-refractivity contribution in [3.63, 3.8) is 0 Å². The fourth-order valence-electron chi connectivity index (χ4n) is 1.22. The molecule has 1 amide bonds. The predicted octanol–water partition coefficient (Wildman–Crippen LogP) is 2.99. The van der Waals surface area contributed by atoms with Crippen LogP contribution in [-0.2, 0) is 4.79 Å². The van der Waals surface area contributed by atoms with Gasteiger partial charge in [0.2, 0.25) is 0 Å². The van der Waals surface area contributed by atoms with Crippen LogP contribution in [0.3, 0.4) is 0 Å². The van der Waals surface area contributed by atoms with Gasteiger partial charge in [-0.1, -0.05) is 23.2 Å². The normalized spacial score (nSPS) is 12.2. The molecule has 0 aliphatic carbocycles. The topological polar surface area (TPSA) is 66.4 Å². The Bertz CT molecular complexity index is 450. The molecular weight excluding hydrogens is 317 g/mol. The van der Waals surface area contributed by atoms with Crippen molar-refractivity contribution >= 4 is 58.2 Å². The number of amides is 1. The zero-order valence-corrected chi connectivity index (χ0v) is 12.5. The third-order valence-electron chi connectivity index (χ3n) is 2.12. The summed E-state index contributed by atoms with van der Waals surface area (Å²) < 4.78 is 0.646. The number of thioether (sulfide) groups is 1. The number of aliphatic carboxylic acids is 1. The Kier molecular flexibility index (Phi) is 6.28. The number of nitrogens with one attached hydrogen (secondary N) is 1. The van der Waals surface area contributed by atoms with Crippen LogP contribution in [0.1, 0.15) is 16.8 Å². The second-order valence-electron chi connectivity index (χ2n) is 3.38. The zero-order valence-electron chi connectivity index (χ0n) is 9.41. The van der Waals surface area contributed by atoms with Gasteiger partial charge in [-0.05, 0) is 24.5 Å². The Morgan fingerprint density at radius 3 is 2.67 bits per heavy atom. The van der Waals surface area contributed by atoms with Gasteiger partial charge in [-0.3, -0.25) is 4.79 Å². The third-order valence-corrected chi connectivity index (χ3v) is 4.25. The van der Waals surface area contributed by atoms with Crippen LogP contribution < -0.4 is 5.32 Å². The van der Waals surface area contributed by atoms with Crippen LogP contribution in [0.15, 0.2) is 6.07 Å². The minimum absolute atomic E-state index is 0.210. The molecule has 8 heteroatoms. The molecular formula is C10H11Cl2NO3S2. The van der Waals surface area contributed by atoms with E-state index in [1.54, 1.807) is 0 Å². The van der Waals surface area contributed by atoms with Crippen molar-refractivity contribution in [3.8, 4) is 0 Å². The van der Waals surface area contributed by atoms with E-state index < -0.39 is 17.9 Å². The van der Waals surface area contributed by atoms with Crippen LogP contribution in [0.4, 0.5) is 0 Å². The third kappa shape index (κ3) is 4.35. The minimum Gasteiger partial charge on any atom is -0.480 e. The summed E-state index contributed by atoms with van der Waals surface area (Å²) in [7, 11) is 0. The summed E-state index contributed by atoms with van der Waals surface area (Å²) in [4.78, 5) is 22.8. The molecule has 0 bridgehead atoms. The Balaban J connectivity index is 2.72. The molecule has 0 saturated carbocycles. The highest BCUT2D eigenvalue weighted by Gasteiger charge is 2.22. The maximum Gasteiger partial charge on any atom is 0.326 e. The van der Waals surface area contributed by atoms with Gasteiger partial charge in [0.15, 0.2) is 0 Å². The average molecular weight is 328 g/mol. The van der Waals surface area contributed by atoms with E-state index in [9.17, 15) is 9.59 Å². The number of carbonyl (C=O) groups is 2. The summed E-state index contributed by atoms with van der Waals surface area (Å²) >= 11 is 14.1. The highest BCUT2D eigenvalue weighted by molar-refractivity contribution is 7.98. The number of halogens is 2. The molecule has 0 spiro atoms. The van der Waals surface area contributed by atoms with Gasteiger partial charge in [0, 0.05) is 0 Å². The van der Waals surface area contributed by atoms with Crippen LogP contribution in [-0.4, -0.2) is 35.0 Å². The van der Waals surface area contributed by atoms with Gasteiger partial charge in [0.05, 0.1) is 9.90 Å². The van der Waals surface area contributed by atoms with Crippen molar-refractivity contribution < 1.29 is 14.7 Å². The summed E-state index contributed by atoms with van der Waals surface area (Å²) in [5, 5.41) is 11.4. The molecule has 4 nitrogen and oxygen atoms in total. The van der Waals surface area contributed by atoms with Gasteiger partial charge < -0.3 is 10.4 Å². The van der Waals surface area contributed by atoms with Gasteiger partial charge in [-0.25, -0.2) is 4.79 Å². The second-order valence-corrected chi connectivity index (χ2v) is 6.65. The lowest BCUT2D eigenvalue weighted by Crippen LogP contribution is -2.41. The molecule has 1 aromatic heterocycles. The number of carboxylic acids is 1. The van der Waals surface area contributed by atoms with E-state index in [-0.39, 0.29) is 9.90 Å². The van der Waals surface area contributed by atoms with Gasteiger partial charge in [-0.15, -0.1) is 11.3 Å². The zero-order chi connectivity index (χ0) is 13.7.